The smallest absolute Gasteiger partial charge is 0.287 e. The molecule has 8 heteroatoms. The van der Waals surface area contributed by atoms with Crippen LogP contribution in [0.5, 0.6) is 0 Å². The van der Waals surface area contributed by atoms with Crippen molar-refractivity contribution in [3.8, 4) is 0 Å². The van der Waals surface area contributed by atoms with Gasteiger partial charge in [0.15, 0.2) is 11.6 Å². The molecule has 8 nitrogen and oxygen atoms in total. The first-order valence-electron chi connectivity index (χ1n) is 8.49. The van der Waals surface area contributed by atoms with Crippen molar-refractivity contribution < 1.29 is 18.5 Å². The fourth-order valence-electron chi connectivity index (χ4n) is 3.07. The first kappa shape index (κ1) is 17.6. The highest BCUT2D eigenvalue weighted by atomic mass is 16.5. The maximum Gasteiger partial charge on any atom is 0.287 e. The SMILES string of the molecule is COCc1noc(C(C)N2CCC(NC(=O)c3occc3C)CC2)n1. The molecule has 1 amide bonds. The minimum atomic E-state index is -0.143. The average molecular weight is 348 g/mol. The number of aryl methyl sites for hydroxylation is 1. The van der Waals surface area contributed by atoms with E-state index in [0.717, 1.165) is 31.5 Å². The van der Waals surface area contributed by atoms with Gasteiger partial charge in [0.05, 0.1) is 12.3 Å². The van der Waals surface area contributed by atoms with Crippen molar-refractivity contribution in [2.75, 3.05) is 20.2 Å². The molecule has 2 aromatic heterocycles. The molecular weight excluding hydrogens is 324 g/mol. The average Bonchev–Trinajstić information content (AvgIpc) is 3.24. The zero-order valence-corrected chi connectivity index (χ0v) is 14.8. The molecule has 1 N–H and O–H groups in total. The normalized spacial score (nSPS) is 17.6. The predicted molar refractivity (Wildman–Crippen MR) is 88.9 cm³/mol. The summed E-state index contributed by atoms with van der Waals surface area (Å²) in [6, 6.07) is 1.98. The summed E-state index contributed by atoms with van der Waals surface area (Å²) in [6.45, 7) is 5.97. The van der Waals surface area contributed by atoms with Crippen LogP contribution in [0.2, 0.25) is 0 Å². The maximum atomic E-state index is 12.2. The van der Waals surface area contributed by atoms with E-state index in [1.165, 1.54) is 6.26 Å². The molecule has 0 bridgehead atoms. The Morgan fingerprint density at radius 1 is 1.48 bits per heavy atom. The van der Waals surface area contributed by atoms with Crippen molar-refractivity contribution in [1.82, 2.24) is 20.4 Å². The highest BCUT2D eigenvalue weighted by Crippen LogP contribution is 2.23. The summed E-state index contributed by atoms with van der Waals surface area (Å²) in [7, 11) is 1.60. The summed E-state index contributed by atoms with van der Waals surface area (Å²) in [5.74, 6) is 1.41. The number of amides is 1. The molecule has 25 heavy (non-hydrogen) atoms. The number of ether oxygens (including phenoxy) is 1. The molecule has 1 aliphatic rings. The van der Waals surface area contributed by atoms with E-state index in [-0.39, 0.29) is 18.0 Å². The number of aromatic nitrogens is 2. The Hall–Kier alpha value is -2.19. The topological polar surface area (TPSA) is 93.6 Å². The van der Waals surface area contributed by atoms with Gasteiger partial charge in [-0.2, -0.15) is 4.98 Å². The Balaban J connectivity index is 1.51. The molecule has 1 atom stereocenters. The Labute approximate surface area is 146 Å². The van der Waals surface area contributed by atoms with Gasteiger partial charge in [0.1, 0.15) is 6.61 Å². The highest BCUT2D eigenvalue weighted by molar-refractivity contribution is 5.92. The third kappa shape index (κ3) is 4.08. The van der Waals surface area contributed by atoms with E-state index in [9.17, 15) is 4.79 Å². The van der Waals surface area contributed by atoms with Gasteiger partial charge in [-0.1, -0.05) is 5.16 Å². The van der Waals surface area contributed by atoms with Gasteiger partial charge in [0.25, 0.3) is 5.91 Å². The van der Waals surface area contributed by atoms with E-state index in [2.05, 4.69) is 27.3 Å². The first-order chi connectivity index (χ1) is 12.1. The van der Waals surface area contributed by atoms with Crippen LogP contribution in [-0.4, -0.2) is 47.2 Å². The lowest BCUT2D eigenvalue weighted by Gasteiger charge is -2.34. The molecule has 3 heterocycles. The largest absolute Gasteiger partial charge is 0.459 e. The molecule has 1 aliphatic heterocycles. The number of nitrogens with one attached hydrogen (secondary N) is 1. The maximum absolute atomic E-state index is 12.2. The molecule has 0 aromatic carbocycles. The van der Waals surface area contributed by atoms with Crippen molar-refractivity contribution in [2.24, 2.45) is 0 Å². The number of piperidine rings is 1. The van der Waals surface area contributed by atoms with E-state index in [0.29, 0.717) is 24.1 Å². The van der Waals surface area contributed by atoms with E-state index in [1.807, 2.05) is 6.92 Å². The van der Waals surface area contributed by atoms with Crippen molar-refractivity contribution in [1.29, 1.82) is 0 Å². The molecule has 136 valence electrons. The van der Waals surface area contributed by atoms with Gasteiger partial charge in [0, 0.05) is 31.8 Å². The fraction of sp³-hybridized carbons (Fsp3) is 0.588. The quantitative estimate of drug-likeness (QED) is 0.854. The van der Waals surface area contributed by atoms with Crippen molar-refractivity contribution >= 4 is 5.91 Å². The Bertz CT molecular complexity index is 703. The van der Waals surface area contributed by atoms with Gasteiger partial charge in [0.2, 0.25) is 5.89 Å². The zero-order valence-electron chi connectivity index (χ0n) is 14.8. The lowest BCUT2D eigenvalue weighted by Crippen LogP contribution is -2.45. The number of hydrogen-bond acceptors (Lipinski definition) is 7. The van der Waals surface area contributed by atoms with Crippen LogP contribution in [0.15, 0.2) is 21.3 Å². The first-order valence-corrected chi connectivity index (χ1v) is 8.49. The molecule has 2 aromatic rings. The van der Waals surface area contributed by atoms with Gasteiger partial charge in [-0.25, -0.2) is 0 Å². The standard InChI is InChI=1S/C17H24N4O4/c1-11-6-9-24-15(11)16(22)18-13-4-7-21(8-5-13)12(2)17-19-14(10-23-3)20-25-17/h6,9,12-13H,4-5,7-8,10H2,1-3H3,(H,18,22). The molecule has 0 radical (unpaired) electrons. The van der Waals surface area contributed by atoms with Gasteiger partial charge < -0.3 is 19.0 Å². The van der Waals surface area contributed by atoms with Crippen LogP contribution < -0.4 is 5.32 Å². The lowest BCUT2D eigenvalue weighted by molar-refractivity contribution is 0.0854. The zero-order chi connectivity index (χ0) is 17.8. The summed E-state index contributed by atoms with van der Waals surface area (Å²) >= 11 is 0. The van der Waals surface area contributed by atoms with Gasteiger partial charge in [-0.3, -0.25) is 9.69 Å². The molecule has 1 unspecified atom stereocenters. The predicted octanol–water partition coefficient (Wildman–Crippen LogP) is 2.07. The van der Waals surface area contributed by atoms with E-state index in [1.54, 1.807) is 13.2 Å². The lowest BCUT2D eigenvalue weighted by atomic mass is 10.0. The summed E-state index contributed by atoms with van der Waals surface area (Å²) in [4.78, 5) is 18.9. The minimum absolute atomic E-state index is 0.0436. The molecular formula is C17H24N4O4. The number of carbonyl (C=O) groups is 1. The number of likely N-dealkylation sites (tertiary alicyclic amines) is 1. The third-order valence-electron chi connectivity index (χ3n) is 4.60. The second-order valence-electron chi connectivity index (χ2n) is 6.37. The van der Waals surface area contributed by atoms with Gasteiger partial charge in [-0.05, 0) is 32.8 Å². The fourth-order valence-corrected chi connectivity index (χ4v) is 3.07. The van der Waals surface area contributed by atoms with Crippen LogP contribution in [0.4, 0.5) is 0 Å². The summed E-state index contributed by atoms with van der Waals surface area (Å²) < 4.78 is 15.6. The molecule has 0 saturated carbocycles. The third-order valence-corrected chi connectivity index (χ3v) is 4.60. The number of furan rings is 1. The van der Waals surface area contributed by atoms with Crippen molar-refractivity contribution in [3.63, 3.8) is 0 Å². The summed E-state index contributed by atoms with van der Waals surface area (Å²) in [6.07, 6.45) is 3.28. The number of carbonyl (C=O) groups excluding carboxylic acids is 1. The highest BCUT2D eigenvalue weighted by Gasteiger charge is 2.28. The van der Waals surface area contributed by atoms with E-state index >= 15 is 0 Å². The van der Waals surface area contributed by atoms with Crippen LogP contribution in [0, 0.1) is 6.92 Å². The van der Waals surface area contributed by atoms with Gasteiger partial charge in [-0.15, -0.1) is 0 Å². The second kappa shape index (κ2) is 7.79. The molecule has 0 spiro atoms. The molecule has 1 fully saturated rings. The van der Waals surface area contributed by atoms with Crippen LogP contribution in [0.3, 0.4) is 0 Å². The Kier molecular flexibility index (Phi) is 5.50. The second-order valence-corrected chi connectivity index (χ2v) is 6.37. The minimum Gasteiger partial charge on any atom is -0.459 e. The number of hydrogen-bond donors (Lipinski definition) is 1. The van der Waals surface area contributed by atoms with Crippen molar-refractivity contribution in [3.05, 3.63) is 35.4 Å². The van der Waals surface area contributed by atoms with Crippen LogP contribution in [0.1, 0.15) is 53.6 Å². The molecule has 3 rings (SSSR count). The summed E-state index contributed by atoms with van der Waals surface area (Å²) in [5.41, 5.74) is 0.854. The number of nitrogens with zero attached hydrogens (tertiary/aromatic N) is 3. The Morgan fingerprint density at radius 2 is 2.24 bits per heavy atom. The number of rotatable bonds is 6. The number of methoxy groups -OCH3 is 1. The van der Waals surface area contributed by atoms with E-state index in [4.69, 9.17) is 13.7 Å². The summed E-state index contributed by atoms with van der Waals surface area (Å²) in [5, 5.41) is 6.96. The van der Waals surface area contributed by atoms with Crippen LogP contribution >= 0.6 is 0 Å². The van der Waals surface area contributed by atoms with Crippen LogP contribution in [0.25, 0.3) is 0 Å². The Morgan fingerprint density at radius 3 is 2.88 bits per heavy atom. The van der Waals surface area contributed by atoms with Crippen molar-refractivity contribution in [2.45, 2.75) is 45.4 Å². The van der Waals surface area contributed by atoms with E-state index < -0.39 is 0 Å². The monoisotopic (exact) mass is 348 g/mol. The van der Waals surface area contributed by atoms with Crippen LogP contribution in [-0.2, 0) is 11.3 Å². The molecule has 0 aliphatic carbocycles. The molecule has 1 saturated heterocycles. The van der Waals surface area contributed by atoms with Gasteiger partial charge >= 0.3 is 0 Å².